The molecule has 0 aliphatic heterocycles. The lowest BCUT2D eigenvalue weighted by Crippen LogP contribution is -2.40. The van der Waals surface area contributed by atoms with Gasteiger partial charge in [0, 0.05) is 5.56 Å². The maximum absolute atomic E-state index is 11.9. The van der Waals surface area contributed by atoms with Crippen LogP contribution in [-0.4, -0.2) is 28.0 Å². The summed E-state index contributed by atoms with van der Waals surface area (Å²) >= 11 is 1.44. The average molecular weight is 264 g/mol. The smallest absolute Gasteiger partial charge is 0.326 e. The molecule has 1 amide bonds. The number of nitrogens with zero attached hydrogens (tertiary/aromatic N) is 1. The van der Waals surface area contributed by atoms with Crippen molar-refractivity contribution in [3.63, 3.8) is 0 Å². The van der Waals surface area contributed by atoms with Gasteiger partial charge in [0.25, 0.3) is 5.91 Å². The van der Waals surface area contributed by atoms with Gasteiger partial charge in [-0.2, -0.15) is 0 Å². The molecule has 2 N–H and O–H groups in total. The van der Waals surface area contributed by atoms with Crippen molar-refractivity contribution in [2.45, 2.75) is 19.4 Å². The summed E-state index contributed by atoms with van der Waals surface area (Å²) in [5.41, 5.74) is 2.99. The lowest BCUT2D eigenvalue weighted by molar-refractivity contribution is -0.139. The number of thiazole rings is 1. The van der Waals surface area contributed by atoms with Crippen LogP contribution in [0.3, 0.4) is 0 Å². The predicted octanol–water partition coefficient (Wildman–Crippen LogP) is 1.89. The molecule has 1 unspecified atom stereocenters. The van der Waals surface area contributed by atoms with E-state index in [0.29, 0.717) is 12.0 Å². The summed E-state index contributed by atoms with van der Waals surface area (Å²) in [6.45, 7) is 1.71. The Morgan fingerprint density at radius 2 is 2.28 bits per heavy atom. The number of aromatic nitrogens is 1. The van der Waals surface area contributed by atoms with Gasteiger partial charge < -0.3 is 10.4 Å². The summed E-state index contributed by atoms with van der Waals surface area (Å²) in [5.74, 6) is -1.40. The van der Waals surface area contributed by atoms with Crippen molar-refractivity contribution in [3.8, 4) is 0 Å². The van der Waals surface area contributed by atoms with E-state index in [4.69, 9.17) is 5.11 Å². The van der Waals surface area contributed by atoms with Gasteiger partial charge in [-0.3, -0.25) is 4.79 Å². The van der Waals surface area contributed by atoms with E-state index >= 15 is 0 Å². The van der Waals surface area contributed by atoms with Crippen molar-refractivity contribution in [2.75, 3.05) is 0 Å². The minimum absolute atomic E-state index is 0.351. The molecule has 1 aromatic heterocycles. The van der Waals surface area contributed by atoms with E-state index < -0.39 is 12.0 Å². The average Bonchev–Trinajstić information content (AvgIpc) is 2.82. The number of benzene rings is 1. The van der Waals surface area contributed by atoms with E-state index in [1.807, 2.05) is 0 Å². The van der Waals surface area contributed by atoms with Crippen LogP contribution in [0.2, 0.25) is 0 Å². The fourth-order valence-corrected chi connectivity index (χ4v) is 2.29. The molecule has 5 nitrogen and oxygen atoms in total. The minimum Gasteiger partial charge on any atom is -0.480 e. The van der Waals surface area contributed by atoms with E-state index in [2.05, 4.69) is 10.3 Å². The maximum atomic E-state index is 11.9. The van der Waals surface area contributed by atoms with E-state index in [-0.39, 0.29) is 5.91 Å². The fourth-order valence-electron chi connectivity index (χ4n) is 1.58. The molecular weight excluding hydrogens is 252 g/mol. The number of aliphatic carboxylic acids is 1. The number of carboxylic acids is 1. The summed E-state index contributed by atoms with van der Waals surface area (Å²) in [5, 5.41) is 11.4. The molecule has 0 radical (unpaired) electrons. The van der Waals surface area contributed by atoms with Gasteiger partial charge in [0.1, 0.15) is 6.04 Å². The molecule has 0 aliphatic carbocycles. The summed E-state index contributed by atoms with van der Waals surface area (Å²) in [6, 6.07) is 4.26. The Balaban J connectivity index is 2.19. The first-order chi connectivity index (χ1) is 8.61. The van der Waals surface area contributed by atoms with Crippen molar-refractivity contribution >= 4 is 33.4 Å². The number of carbonyl (C=O) groups excluding carboxylic acids is 1. The second-order valence-corrected chi connectivity index (χ2v) is 4.69. The van der Waals surface area contributed by atoms with Gasteiger partial charge >= 0.3 is 5.97 Å². The van der Waals surface area contributed by atoms with Crippen LogP contribution in [0.15, 0.2) is 23.7 Å². The zero-order valence-electron chi connectivity index (χ0n) is 9.71. The minimum atomic E-state index is -1.02. The third-order valence-electron chi connectivity index (χ3n) is 2.61. The van der Waals surface area contributed by atoms with Gasteiger partial charge in [-0.25, -0.2) is 9.78 Å². The van der Waals surface area contributed by atoms with Crippen LogP contribution in [0.4, 0.5) is 0 Å². The number of hydrogen-bond donors (Lipinski definition) is 2. The number of carboxylic acid groups (broad SMARTS) is 1. The molecule has 18 heavy (non-hydrogen) atoms. The van der Waals surface area contributed by atoms with E-state index in [1.54, 1.807) is 30.6 Å². The molecule has 2 rings (SSSR count). The Morgan fingerprint density at radius 1 is 1.50 bits per heavy atom. The molecule has 1 aromatic carbocycles. The van der Waals surface area contributed by atoms with Crippen molar-refractivity contribution in [2.24, 2.45) is 0 Å². The third kappa shape index (κ3) is 2.48. The number of nitrogens with one attached hydrogen (secondary N) is 1. The summed E-state index contributed by atoms with van der Waals surface area (Å²) in [4.78, 5) is 26.9. The monoisotopic (exact) mass is 264 g/mol. The predicted molar refractivity (Wildman–Crippen MR) is 68.8 cm³/mol. The van der Waals surface area contributed by atoms with Gasteiger partial charge in [-0.05, 0) is 24.6 Å². The lowest BCUT2D eigenvalue weighted by Gasteiger charge is -2.12. The van der Waals surface area contributed by atoms with Crippen LogP contribution in [0.25, 0.3) is 10.2 Å². The van der Waals surface area contributed by atoms with Gasteiger partial charge in [-0.1, -0.05) is 6.92 Å². The second kappa shape index (κ2) is 5.14. The summed E-state index contributed by atoms with van der Waals surface area (Å²) < 4.78 is 0.908. The summed E-state index contributed by atoms with van der Waals surface area (Å²) in [7, 11) is 0. The number of carbonyl (C=O) groups is 2. The van der Waals surface area contributed by atoms with Crippen molar-refractivity contribution in [1.29, 1.82) is 0 Å². The standard InChI is InChI=1S/C12H12N2O3S/c1-2-8(12(16)17)14-11(15)7-3-4-9-10(5-7)18-6-13-9/h3-6,8H,2H2,1H3,(H,14,15)(H,16,17). The molecule has 1 heterocycles. The summed E-state index contributed by atoms with van der Waals surface area (Å²) in [6.07, 6.45) is 0.351. The SMILES string of the molecule is CCC(NC(=O)c1ccc2ncsc2c1)C(=O)O. The second-order valence-electron chi connectivity index (χ2n) is 3.81. The molecule has 0 fully saturated rings. The zero-order valence-corrected chi connectivity index (χ0v) is 10.5. The molecule has 1 atom stereocenters. The number of amides is 1. The number of rotatable bonds is 4. The van der Waals surface area contributed by atoms with Crippen LogP contribution in [0.5, 0.6) is 0 Å². The molecule has 0 saturated heterocycles. The Bertz CT molecular complexity index is 594. The highest BCUT2D eigenvalue weighted by Gasteiger charge is 2.18. The third-order valence-corrected chi connectivity index (χ3v) is 3.40. The highest BCUT2D eigenvalue weighted by atomic mass is 32.1. The largest absolute Gasteiger partial charge is 0.480 e. The van der Waals surface area contributed by atoms with Gasteiger partial charge in [-0.15, -0.1) is 11.3 Å². The van der Waals surface area contributed by atoms with E-state index in [0.717, 1.165) is 10.2 Å². The van der Waals surface area contributed by atoms with Crippen LogP contribution in [0.1, 0.15) is 23.7 Å². The molecule has 6 heteroatoms. The first kappa shape index (κ1) is 12.5. The Hall–Kier alpha value is -1.95. The van der Waals surface area contributed by atoms with Crippen LogP contribution in [-0.2, 0) is 4.79 Å². The Labute approximate surface area is 107 Å². The van der Waals surface area contributed by atoms with Crippen molar-refractivity contribution in [1.82, 2.24) is 10.3 Å². The Kier molecular flexibility index (Phi) is 3.57. The normalized spacial score (nSPS) is 12.3. The fraction of sp³-hybridized carbons (Fsp3) is 0.250. The van der Waals surface area contributed by atoms with Gasteiger partial charge in [0.15, 0.2) is 0 Å². The maximum Gasteiger partial charge on any atom is 0.326 e. The number of hydrogen-bond acceptors (Lipinski definition) is 4. The molecule has 0 spiro atoms. The Morgan fingerprint density at radius 3 is 2.94 bits per heavy atom. The van der Waals surface area contributed by atoms with Crippen LogP contribution < -0.4 is 5.32 Å². The van der Waals surface area contributed by atoms with Crippen molar-refractivity contribution in [3.05, 3.63) is 29.3 Å². The lowest BCUT2D eigenvalue weighted by atomic mass is 10.1. The highest BCUT2D eigenvalue weighted by Crippen LogP contribution is 2.19. The molecule has 2 aromatic rings. The quantitative estimate of drug-likeness (QED) is 0.883. The molecule has 0 aliphatic rings. The molecule has 94 valence electrons. The molecule has 0 bridgehead atoms. The highest BCUT2D eigenvalue weighted by molar-refractivity contribution is 7.16. The van der Waals surface area contributed by atoms with E-state index in [9.17, 15) is 9.59 Å². The van der Waals surface area contributed by atoms with E-state index in [1.165, 1.54) is 11.3 Å². The van der Waals surface area contributed by atoms with Gasteiger partial charge in [0.2, 0.25) is 0 Å². The number of fused-ring (bicyclic) bond motifs is 1. The zero-order chi connectivity index (χ0) is 13.1. The first-order valence-electron chi connectivity index (χ1n) is 5.48. The van der Waals surface area contributed by atoms with Crippen LogP contribution >= 0.6 is 11.3 Å². The van der Waals surface area contributed by atoms with Gasteiger partial charge in [0.05, 0.1) is 15.7 Å². The van der Waals surface area contributed by atoms with Crippen molar-refractivity contribution < 1.29 is 14.7 Å². The molecular formula is C12H12N2O3S. The topological polar surface area (TPSA) is 79.3 Å². The molecule has 0 saturated carbocycles. The first-order valence-corrected chi connectivity index (χ1v) is 6.36. The van der Waals surface area contributed by atoms with Crippen LogP contribution in [0, 0.1) is 0 Å².